The van der Waals surface area contributed by atoms with Crippen molar-refractivity contribution in [2.24, 2.45) is 0 Å². The van der Waals surface area contributed by atoms with E-state index in [4.69, 9.17) is 15.6 Å². The van der Waals surface area contributed by atoms with Crippen LogP contribution in [0.5, 0.6) is 5.75 Å². The number of amides is 1. The standard InChI is InChI=1S/C31H30FN7O2/c1-41-26-11-8-23(32)16-25(26)31(40)35-17-19-2-4-22(5-3-19)28-27-29(33)36-18-37-30(27)39(38-28)24-9-6-20(7-10-24)21-12-14-34-15-13-21/h2-11,16,18,21,34H,12-15,17H2,1H3,(H,35,40)(H2,33,36,37). The van der Waals surface area contributed by atoms with Crippen molar-refractivity contribution in [3.05, 3.63) is 95.6 Å². The van der Waals surface area contributed by atoms with Gasteiger partial charge < -0.3 is 21.1 Å². The molecule has 2 aromatic heterocycles. The van der Waals surface area contributed by atoms with E-state index in [-0.39, 0.29) is 12.1 Å². The Balaban J connectivity index is 1.25. The SMILES string of the molecule is COc1ccc(F)cc1C(=O)NCc1ccc(-c2nn(-c3ccc(C4CCNCC4)cc3)c3ncnc(N)c23)cc1. The topological polar surface area (TPSA) is 120 Å². The molecule has 0 radical (unpaired) electrons. The lowest BCUT2D eigenvalue weighted by molar-refractivity contribution is 0.0947. The zero-order chi connectivity index (χ0) is 28.3. The molecule has 0 unspecified atom stereocenters. The lowest BCUT2D eigenvalue weighted by Crippen LogP contribution is -2.26. The van der Waals surface area contributed by atoms with Crippen molar-refractivity contribution in [3.8, 4) is 22.7 Å². The number of anilines is 1. The van der Waals surface area contributed by atoms with Crippen molar-refractivity contribution < 1.29 is 13.9 Å². The van der Waals surface area contributed by atoms with Crippen LogP contribution in [0.4, 0.5) is 10.2 Å². The number of halogens is 1. The van der Waals surface area contributed by atoms with Crippen LogP contribution in [0, 0.1) is 5.82 Å². The highest BCUT2D eigenvalue weighted by Gasteiger charge is 2.20. The smallest absolute Gasteiger partial charge is 0.255 e. The number of methoxy groups -OCH3 is 1. The molecular weight excluding hydrogens is 521 g/mol. The van der Waals surface area contributed by atoms with Gasteiger partial charge in [-0.2, -0.15) is 5.10 Å². The summed E-state index contributed by atoms with van der Waals surface area (Å²) in [6, 6.07) is 20.0. The lowest BCUT2D eigenvalue weighted by Gasteiger charge is -2.23. The third kappa shape index (κ3) is 5.33. The predicted molar refractivity (Wildman–Crippen MR) is 155 cm³/mol. The number of ether oxygens (including phenoxy) is 1. The van der Waals surface area contributed by atoms with E-state index in [0.717, 1.165) is 48.8 Å². The van der Waals surface area contributed by atoms with Crippen LogP contribution in [0.1, 0.15) is 40.2 Å². The van der Waals surface area contributed by atoms with Gasteiger partial charge in [-0.1, -0.05) is 36.4 Å². The Bertz CT molecular complexity index is 1690. The number of carbonyl (C=O) groups excluding carboxylic acids is 1. The molecule has 1 aliphatic rings. The highest BCUT2D eigenvalue weighted by atomic mass is 19.1. The largest absolute Gasteiger partial charge is 0.496 e. The minimum Gasteiger partial charge on any atom is -0.496 e. The zero-order valence-corrected chi connectivity index (χ0v) is 22.6. The van der Waals surface area contributed by atoms with Crippen molar-refractivity contribution in [2.75, 3.05) is 25.9 Å². The molecule has 41 heavy (non-hydrogen) atoms. The molecule has 0 bridgehead atoms. The number of aromatic nitrogens is 4. The van der Waals surface area contributed by atoms with Crippen molar-refractivity contribution in [2.45, 2.75) is 25.3 Å². The highest BCUT2D eigenvalue weighted by Crippen LogP contribution is 2.33. The van der Waals surface area contributed by atoms with Gasteiger partial charge in [0.1, 0.15) is 29.4 Å². The van der Waals surface area contributed by atoms with Gasteiger partial charge in [0, 0.05) is 12.1 Å². The number of benzene rings is 3. The molecule has 1 aliphatic heterocycles. The third-order valence-electron chi connectivity index (χ3n) is 7.53. The molecule has 0 atom stereocenters. The van der Waals surface area contributed by atoms with Crippen molar-refractivity contribution in [1.29, 1.82) is 0 Å². The number of piperidine rings is 1. The second-order valence-electron chi connectivity index (χ2n) is 10.1. The molecule has 1 fully saturated rings. The van der Waals surface area contributed by atoms with Crippen LogP contribution in [0.2, 0.25) is 0 Å². The summed E-state index contributed by atoms with van der Waals surface area (Å²) in [6.45, 7) is 2.34. The second kappa shape index (κ2) is 11.3. The molecule has 1 amide bonds. The molecule has 3 aromatic carbocycles. The summed E-state index contributed by atoms with van der Waals surface area (Å²) in [5.74, 6) is 0.289. The summed E-state index contributed by atoms with van der Waals surface area (Å²) in [5, 5.41) is 11.8. The maximum absolute atomic E-state index is 13.7. The maximum atomic E-state index is 13.7. The van der Waals surface area contributed by atoms with Gasteiger partial charge in [-0.05, 0) is 73.3 Å². The monoisotopic (exact) mass is 551 g/mol. The van der Waals surface area contributed by atoms with Crippen molar-refractivity contribution in [1.82, 2.24) is 30.4 Å². The highest BCUT2D eigenvalue weighted by molar-refractivity contribution is 5.99. The minimum atomic E-state index is -0.507. The number of nitrogens with one attached hydrogen (secondary N) is 2. The Morgan fingerprint density at radius 3 is 2.56 bits per heavy atom. The van der Waals surface area contributed by atoms with Crippen LogP contribution < -0.4 is 21.1 Å². The van der Waals surface area contributed by atoms with E-state index < -0.39 is 11.7 Å². The van der Waals surface area contributed by atoms with Crippen molar-refractivity contribution in [3.63, 3.8) is 0 Å². The van der Waals surface area contributed by atoms with Gasteiger partial charge in [0.05, 0.1) is 23.7 Å². The van der Waals surface area contributed by atoms with E-state index >= 15 is 0 Å². The first-order valence-corrected chi connectivity index (χ1v) is 13.5. The molecule has 4 N–H and O–H groups in total. The predicted octanol–water partition coefficient (Wildman–Crippen LogP) is 4.61. The van der Waals surface area contributed by atoms with E-state index in [1.165, 1.54) is 31.1 Å². The summed E-state index contributed by atoms with van der Waals surface area (Å²) in [7, 11) is 1.44. The van der Waals surface area contributed by atoms with E-state index in [2.05, 4.69) is 44.9 Å². The molecule has 5 aromatic rings. The molecule has 208 valence electrons. The average molecular weight is 552 g/mol. The van der Waals surface area contributed by atoms with Crippen LogP contribution in [0.25, 0.3) is 28.0 Å². The average Bonchev–Trinajstić information content (AvgIpc) is 3.41. The van der Waals surface area contributed by atoms with Gasteiger partial charge in [-0.15, -0.1) is 0 Å². The Kier molecular flexibility index (Phi) is 7.30. The molecule has 9 nitrogen and oxygen atoms in total. The number of nitrogen functional groups attached to an aromatic ring is 1. The van der Waals surface area contributed by atoms with Crippen LogP contribution in [-0.4, -0.2) is 45.9 Å². The number of hydrogen-bond donors (Lipinski definition) is 3. The van der Waals surface area contributed by atoms with Gasteiger partial charge in [0.2, 0.25) is 0 Å². The van der Waals surface area contributed by atoms with Crippen LogP contribution in [-0.2, 0) is 6.54 Å². The Hall–Kier alpha value is -4.83. The summed E-state index contributed by atoms with van der Waals surface area (Å²) in [5.41, 5.74) is 11.7. The molecule has 0 aliphatic carbocycles. The van der Waals surface area contributed by atoms with Crippen LogP contribution >= 0.6 is 0 Å². The first-order chi connectivity index (χ1) is 20.0. The summed E-state index contributed by atoms with van der Waals surface area (Å²) >= 11 is 0. The van der Waals surface area contributed by atoms with Crippen LogP contribution in [0.3, 0.4) is 0 Å². The number of nitrogens with zero attached hydrogens (tertiary/aromatic N) is 4. The number of rotatable bonds is 7. The molecule has 1 saturated heterocycles. The van der Waals surface area contributed by atoms with Gasteiger partial charge in [-0.3, -0.25) is 4.79 Å². The fourth-order valence-electron chi connectivity index (χ4n) is 5.32. The van der Waals surface area contributed by atoms with E-state index in [1.807, 2.05) is 24.3 Å². The second-order valence-corrected chi connectivity index (χ2v) is 10.1. The number of fused-ring (bicyclic) bond motifs is 1. The summed E-state index contributed by atoms with van der Waals surface area (Å²) < 4.78 is 20.7. The van der Waals surface area contributed by atoms with Crippen LogP contribution in [0.15, 0.2) is 73.1 Å². The Morgan fingerprint density at radius 2 is 1.83 bits per heavy atom. The minimum absolute atomic E-state index is 0.139. The normalized spacial score (nSPS) is 13.8. The molecule has 10 heteroatoms. The maximum Gasteiger partial charge on any atom is 0.255 e. The lowest BCUT2D eigenvalue weighted by atomic mass is 9.90. The number of hydrogen-bond acceptors (Lipinski definition) is 7. The zero-order valence-electron chi connectivity index (χ0n) is 22.6. The Labute approximate surface area is 236 Å². The molecular formula is C31H30FN7O2. The first-order valence-electron chi connectivity index (χ1n) is 13.5. The summed E-state index contributed by atoms with van der Waals surface area (Å²) in [6.07, 6.45) is 3.72. The van der Waals surface area contributed by atoms with E-state index in [0.29, 0.717) is 34.2 Å². The fourth-order valence-corrected chi connectivity index (χ4v) is 5.32. The van der Waals surface area contributed by atoms with Gasteiger partial charge in [-0.25, -0.2) is 19.0 Å². The number of nitrogens with two attached hydrogens (primary N) is 1. The first kappa shape index (κ1) is 26.4. The molecule has 0 saturated carbocycles. The molecule has 0 spiro atoms. The fraction of sp³-hybridized carbons (Fsp3) is 0.226. The van der Waals surface area contributed by atoms with E-state index in [9.17, 15) is 9.18 Å². The van der Waals surface area contributed by atoms with Gasteiger partial charge >= 0.3 is 0 Å². The third-order valence-corrected chi connectivity index (χ3v) is 7.53. The van der Waals surface area contributed by atoms with Crippen molar-refractivity contribution >= 4 is 22.8 Å². The number of carbonyl (C=O) groups is 1. The molecule has 6 rings (SSSR count). The van der Waals surface area contributed by atoms with Gasteiger partial charge in [0.25, 0.3) is 5.91 Å². The Morgan fingerprint density at radius 1 is 1.07 bits per heavy atom. The quantitative estimate of drug-likeness (QED) is 0.270. The molecule has 3 heterocycles. The van der Waals surface area contributed by atoms with Gasteiger partial charge in [0.15, 0.2) is 5.65 Å². The van der Waals surface area contributed by atoms with E-state index in [1.54, 1.807) is 4.68 Å². The summed E-state index contributed by atoms with van der Waals surface area (Å²) in [4.78, 5) is 21.4.